The molecular formula is C12H13F4NO4S. The number of sulfonamides is 1. The van der Waals surface area contributed by atoms with Gasteiger partial charge in [-0.15, -0.1) is 0 Å². The molecule has 1 atom stereocenters. The maximum Gasteiger partial charge on any atom is 0.393 e. The highest BCUT2D eigenvalue weighted by atomic mass is 32.2. The molecular weight excluding hydrogens is 330 g/mol. The van der Waals surface area contributed by atoms with Crippen LogP contribution in [0, 0.1) is 11.7 Å². The molecule has 0 spiro atoms. The van der Waals surface area contributed by atoms with Crippen molar-refractivity contribution in [2.45, 2.75) is 23.9 Å². The van der Waals surface area contributed by atoms with E-state index in [1.54, 1.807) is 4.72 Å². The van der Waals surface area contributed by atoms with Gasteiger partial charge >= 0.3 is 12.1 Å². The van der Waals surface area contributed by atoms with Crippen molar-refractivity contribution in [3.63, 3.8) is 0 Å². The van der Waals surface area contributed by atoms with Crippen LogP contribution in [0.4, 0.5) is 17.6 Å². The average Bonchev–Trinajstić information content (AvgIpc) is 2.37. The number of hydrogen-bond donors (Lipinski definition) is 2. The van der Waals surface area contributed by atoms with Crippen LogP contribution in [-0.4, -0.2) is 32.2 Å². The van der Waals surface area contributed by atoms with Crippen LogP contribution in [0.5, 0.6) is 0 Å². The second-order valence-electron chi connectivity index (χ2n) is 4.48. The number of carboxylic acids is 1. The van der Waals surface area contributed by atoms with Gasteiger partial charge in [-0.25, -0.2) is 17.5 Å². The monoisotopic (exact) mass is 343 g/mol. The number of benzene rings is 1. The topological polar surface area (TPSA) is 83.5 Å². The molecule has 1 rings (SSSR count). The number of nitrogens with one attached hydrogen (secondary N) is 1. The van der Waals surface area contributed by atoms with Gasteiger partial charge in [0.15, 0.2) is 0 Å². The normalized spacial score (nSPS) is 13.8. The molecule has 0 saturated heterocycles. The van der Waals surface area contributed by atoms with Crippen LogP contribution in [0.25, 0.3) is 0 Å². The molecule has 1 aromatic carbocycles. The first kappa shape index (κ1) is 18.4. The second-order valence-corrected chi connectivity index (χ2v) is 6.24. The van der Waals surface area contributed by atoms with E-state index in [4.69, 9.17) is 5.11 Å². The molecule has 124 valence electrons. The minimum atomic E-state index is -4.74. The van der Waals surface area contributed by atoms with Gasteiger partial charge in [-0.1, -0.05) is 0 Å². The Bertz CT molecular complexity index is 613. The van der Waals surface area contributed by atoms with Gasteiger partial charge in [-0.2, -0.15) is 13.2 Å². The van der Waals surface area contributed by atoms with Gasteiger partial charge in [-0.3, -0.25) is 4.79 Å². The van der Waals surface area contributed by atoms with E-state index in [1.807, 2.05) is 0 Å². The molecule has 0 heterocycles. The van der Waals surface area contributed by atoms with Gasteiger partial charge in [0.1, 0.15) is 5.82 Å². The van der Waals surface area contributed by atoms with E-state index in [-0.39, 0.29) is 4.90 Å². The molecule has 0 aliphatic heterocycles. The molecule has 0 unspecified atom stereocenters. The maximum atomic E-state index is 12.7. The van der Waals surface area contributed by atoms with Crippen LogP contribution in [0.3, 0.4) is 0 Å². The lowest BCUT2D eigenvalue weighted by Gasteiger charge is -2.20. The molecule has 0 bridgehead atoms. The van der Waals surface area contributed by atoms with Crippen molar-refractivity contribution in [2.24, 2.45) is 5.92 Å². The Labute approximate surface area is 124 Å². The van der Waals surface area contributed by atoms with Crippen molar-refractivity contribution >= 4 is 16.0 Å². The van der Waals surface area contributed by atoms with Gasteiger partial charge in [0.05, 0.1) is 10.8 Å². The van der Waals surface area contributed by atoms with E-state index < -0.39 is 53.3 Å². The number of carboxylic acid groups (broad SMARTS) is 1. The Morgan fingerprint density at radius 3 is 2.23 bits per heavy atom. The van der Waals surface area contributed by atoms with E-state index in [9.17, 15) is 30.8 Å². The van der Waals surface area contributed by atoms with E-state index in [0.717, 1.165) is 24.3 Å². The molecule has 0 aromatic heterocycles. The van der Waals surface area contributed by atoms with E-state index in [0.29, 0.717) is 0 Å². The molecule has 22 heavy (non-hydrogen) atoms. The highest BCUT2D eigenvalue weighted by Gasteiger charge is 2.40. The summed E-state index contributed by atoms with van der Waals surface area (Å²) in [5.74, 6) is -4.22. The zero-order valence-electron chi connectivity index (χ0n) is 11.1. The second kappa shape index (κ2) is 7.05. The van der Waals surface area contributed by atoms with Crippen LogP contribution < -0.4 is 4.72 Å². The largest absolute Gasteiger partial charge is 0.481 e. The molecule has 0 radical (unpaired) electrons. The smallest absolute Gasteiger partial charge is 0.393 e. The summed E-state index contributed by atoms with van der Waals surface area (Å²) < 4.78 is 76.2. The summed E-state index contributed by atoms with van der Waals surface area (Å²) in [4.78, 5) is 9.96. The third-order valence-corrected chi connectivity index (χ3v) is 4.25. The highest BCUT2D eigenvalue weighted by molar-refractivity contribution is 7.89. The number of aliphatic carboxylic acids is 1. The Kier molecular flexibility index (Phi) is 5.89. The van der Waals surface area contributed by atoms with Crippen molar-refractivity contribution in [3.8, 4) is 0 Å². The molecule has 5 nitrogen and oxygen atoms in total. The molecule has 0 aliphatic rings. The molecule has 0 amide bonds. The van der Waals surface area contributed by atoms with Crippen molar-refractivity contribution in [1.82, 2.24) is 4.72 Å². The first-order chi connectivity index (χ1) is 10.0. The van der Waals surface area contributed by atoms with Crippen molar-refractivity contribution in [2.75, 3.05) is 6.54 Å². The number of carbonyl (C=O) groups is 1. The average molecular weight is 343 g/mol. The Morgan fingerprint density at radius 2 is 1.77 bits per heavy atom. The van der Waals surface area contributed by atoms with Crippen molar-refractivity contribution < 1.29 is 35.9 Å². The molecule has 0 saturated carbocycles. The van der Waals surface area contributed by atoms with Gasteiger partial charge in [0.2, 0.25) is 10.0 Å². The van der Waals surface area contributed by atoms with Crippen LogP contribution in [0.1, 0.15) is 12.8 Å². The molecule has 10 heteroatoms. The fraction of sp³-hybridized carbons (Fsp3) is 0.417. The summed E-state index contributed by atoms with van der Waals surface area (Å²) in [6.07, 6.45) is -6.21. The van der Waals surface area contributed by atoms with E-state index >= 15 is 0 Å². The summed E-state index contributed by atoms with van der Waals surface area (Å²) in [6, 6.07) is 3.55. The number of hydrogen-bond acceptors (Lipinski definition) is 3. The van der Waals surface area contributed by atoms with E-state index in [1.165, 1.54) is 0 Å². The zero-order chi connectivity index (χ0) is 17.0. The predicted molar refractivity (Wildman–Crippen MR) is 68.0 cm³/mol. The van der Waals surface area contributed by atoms with Crippen LogP contribution >= 0.6 is 0 Å². The first-order valence-corrected chi connectivity index (χ1v) is 7.54. The highest BCUT2D eigenvalue weighted by Crippen LogP contribution is 2.29. The van der Waals surface area contributed by atoms with Crippen LogP contribution in [0.15, 0.2) is 29.2 Å². The fourth-order valence-electron chi connectivity index (χ4n) is 1.59. The molecule has 0 aliphatic carbocycles. The minimum absolute atomic E-state index is 0.381. The maximum absolute atomic E-state index is 12.7. The zero-order valence-corrected chi connectivity index (χ0v) is 11.9. The van der Waals surface area contributed by atoms with E-state index in [2.05, 4.69) is 0 Å². The lowest BCUT2D eigenvalue weighted by atomic mass is 10.0. The van der Waals surface area contributed by atoms with Crippen molar-refractivity contribution in [1.29, 1.82) is 0 Å². The minimum Gasteiger partial charge on any atom is -0.481 e. The van der Waals surface area contributed by atoms with Gasteiger partial charge < -0.3 is 5.11 Å². The molecule has 0 fully saturated rings. The standard InChI is InChI=1S/C12H13F4NO4S/c13-9-2-4-10(5-3-9)22(20,21)17-7-8(12(14,15)16)1-6-11(18)19/h2-5,8,17H,1,6-7H2,(H,18,19)/t8-/m0/s1. The Morgan fingerprint density at radius 1 is 1.23 bits per heavy atom. The Balaban J connectivity index is 2.78. The summed E-state index contributed by atoms with van der Waals surface area (Å²) in [5.41, 5.74) is 0. The predicted octanol–water partition coefficient (Wildman–Crippen LogP) is 2.15. The third kappa shape index (κ3) is 5.60. The SMILES string of the molecule is O=C(O)CC[C@@H](CNS(=O)(=O)c1ccc(F)cc1)C(F)(F)F. The molecule has 2 N–H and O–H groups in total. The third-order valence-electron chi connectivity index (χ3n) is 2.81. The van der Waals surface area contributed by atoms with Crippen LogP contribution in [0.2, 0.25) is 0 Å². The Hall–Kier alpha value is -1.68. The summed E-state index contributed by atoms with van der Waals surface area (Å²) >= 11 is 0. The van der Waals surface area contributed by atoms with Gasteiger partial charge in [0, 0.05) is 13.0 Å². The fourth-order valence-corrected chi connectivity index (χ4v) is 2.67. The lowest BCUT2D eigenvalue weighted by Crippen LogP contribution is -2.36. The first-order valence-electron chi connectivity index (χ1n) is 6.06. The quantitative estimate of drug-likeness (QED) is 0.743. The number of alkyl halides is 3. The lowest BCUT2D eigenvalue weighted by molar-refractivity contribution is -0.175. The summed E-state index contributed by atoms with van der Waals surface area (Å²) in [6.45, 7) is -0.990. The van der Waals surface area contributed by atoms with Crippen molar-refractivity contribution in [3.05, 3.63) is 30.1 Å². The van der Waals surface area contributed by atoms with Crippen LogP contribution in [-0.2, 0) is 14.8 Å². The van der Waals surface area contributed by atoms with Gasteiger partial charge in [-0.05, 0) is 30.7 Å². The number of halogens is 4. The number of rotatable bonds is 7. The van der Waals surface area contributed by atoms with Gasteiger partial charge in [0.25, 0.3) is 0 Å². The summed E-state index contributed by atoms with van der Waals surface area (Å²) in [7, 11) is -4.24. The summed E-state index contributed by atoms with van der Waals surface area (Å²) in [5, 5.41) is 8.42. The molecule has 1 aromatic rings.